The van der Waals surface area contributed by atoms with Crippen LogP contribution in [-0.2, 0) is 40.4 Å². The number of aryl methyl sites for hydroxylation is 1. The molecule has 7 rings (SSSR count). The van der Waals surface area contributed by atoms with Gasteiger partial charge in [0.05, 0.1) is 30.7 Å². The maximum atomic E-state index is 14.9. The number of carbonyl (C=O) groups is 4. The van der Waals surface area contributed by atoms with E-state index >= 15 is 0 Å². The highest BCUT2D eigenvalue weighted by molar-refractivity contribution is 7.91. The third kappa shape index (κ3) is 8.30. The van der Waals surface area contributed by atoms with E-state index < -0.39 is 62.6 Å². The van der Waals surface area contributed by atoms with E-state index in [1.165, 1.54) is 4.90 Å². The molecule has 4 bridgehead atoms. The zero-order valence-corrected chi connectivity index (χ0v) is 32.3. The van der Waals surface area contributed by atoms with Crippen LogP contribution in [0.4, 0.5) is 0 Å². The van der Waals surface area contributed by atoms with Gasteiger partial charge in [0, 0.05) is 23.9 Å². The Balaban J connectivity index is 1.21. The minimum Gasteiger partial charge on any atom is -0.472 e. The van der Waals surface area contributed by atoms with Gasteiger partial charge in [-0.25, -0.2) is 13.4 Å². The summed E-state index contributed by atoms with van der Waals surface area (Å²) in [5.41, 5.74) is -0.603. The van der Waals surface area contributed by atoms with Gasteiger partial charge in [0.1, 0.15) is 17.7 Å². The number of pyridine rings is 1. The first kappa shape index (κ1) is 38.3. The molecule has 0 unspecified atom stereocenters. The number of fused-ring (bicyclic) bond motifs is 3. The van der Waals surface area contributed by atoms with E-state index in [9.17, 15) is 27.6 Å². The quantitative estimate of drug-likeness (QED) is 0.288. The first-order valence-corrected chi connectivity index (χ1v) is 21.3. The smallest absolute Gasteiger partial charge is 0.306 e. The lowest BCUT2D eigenvalue weighted by molar-refractivity contribution is -0.154. The molecule has 4 fully saturated rings. The fraction of sp³-hybridized carbons (Fsp3) is 0.634. The molecule has 13 heteroatoms. The van der Waals surface area contributed by atoms with Gasteiger partial charge in [-0.15, -0.1) is 6.58 Å². The maximum Gasteiger partial charge on any atom is 0.306 e. The molecule has 12 nitrogen and oxygen atoms in total. The lowest BCUT2D eigenvalue weighted by Gasteiger charge is -2.34. The van der Waals surface area contributed by atoms with E-state index in [0.29, 0.717) is 18.7 Å². The topological polar surface area (TPSA) is 161 Å². The van der Waals surface area contributed by atoms with Gasteiger partial charge in [-0.3, -0.25) is 23.9 Å². The number of hydrogen-bond donors (Lipinski definition) is 2. The average Bonchev–Trinajstić information content (AvgIpc) is 4.08. The number of ether oxygens (including phenoxy) is 2. The summed E-state index contributed by atoms with van der Waals surface area (Å²) in [7, 11) is -3.87. The Hall–Kier alpha value is -4.00. The van der Waals surface area contributed by atoms with Crippen LogP contribution in [0.5, 0.6) is 5.88 Å². The number of aromatic nitrogens is 1. The van der Waals surface area contributed by atoms with Gasteiger partial charge >= 0.3 is 5.97 Å². The van der Waals surface area contributed by atoms with Crippen LogP contribution in [0, 0.1) is 23.2 Å². The Morgan fingerprint density at radius 1 is 1.04 bits per heavy atom. The molecule has 3 heterocycles. The fourth-order valence-corrected chi connectivity index (χ4v) is 10.1. The van der Waals surface area contributed by atoms with Crippen LogP contribution in [0.2, 0.25) is 0 Å². The summed E-state index contributed by atoms with van der Waals surface area (Å²) in [5.74, 6) is -2.95. The molecule has 5 aliphatic rings. The minimum absolute atomic E-state index is 0.0546. The Morgan fingerprint density at radius 3 is 2.54 bits per heavy atom. The maximum absolute atomic E-state index is 14.9. The highest BCUT2D eigenvalue weighted by atomic mass is 32.2. The number of nitrogens with zero attached hydrogens (tertiary/aromatic N) is 2. The second kappa shape index (κ2) is 15.3. The highest BCUT2D eigenvalue weighted by Crippen LogP contribution is 2.46. The summed E-state index contributed by atoms with van der Waals surface area (Å²) in [4.78, 5) is 62.5. The predicted molar refractivity (Wildman–Crippen MR) is 203 cm³/mol. The van der Waals surface area contributed by atoms with Gasteiger partial charge < -0.3 is 19.7 Å². The minimum atomic E-state index is -3.87. The number of esters is 1. The summed E-state index contributed by atoms with van der Waals surface area (Å²) >= 11 is 0. The standard InChI is InChI=1S/C41H54N4O8S/c1-4-29-23-41(29,39(49)44-54(50,51)31-15-16-31)43-36(47)34-21-30-24-45(34)38(48)33(27-11-6-5-7-12-27)22-35(46)52-25-40(2,3)18-9-8-10-26-13-14-28-17-19-42-37(53-30)32(28)20-26/h4,13-14,17,19-20,27,29-31,33-34H,1,5-12,15-16,18,21-25H2,2-3H3,(H,43,47)(H,44,49)/t29-,30+,33-,34-,41+/m0/s1. The van der Waals surface area contributed by atoms with Crippen LogP contribution in [-0.4, -0.2) is 78.1 Å². The van der Waals surface area contributed by atoms with Crippen molar-refractivity contribution in [2.45, 2.75) is 127 Å². The number of hydrogen-bond acceptors (Lipinski definition) is 9. The van der Waals surface area contributed by atoms with Gasteiger partial charge in [-0.2, -0.15) is 0 Å². The van der Waals surface area contributed by atoms with E-state index in [1.807, 2.05) is 6.07 Å². The molecular weight excluding hydrogens is 709 g/mol. The molecule has 1 saturated heterocycles. The number of sulfonamides is 1. The molecule has 1 aromatic heterocycles. The Morgan fingerprint density at radius 2 is 1.81 bits per heavy atom. The summed E-state index contributed by atoms with van der Waals surface area (Å²) < 4.78 is 40.2. The molecule has 2 aromatic rings. The number of carbonyl (C=O) groups excluding carboxylic acids is 4. The number of rotatable bonds is 7. The molecule has 2 aliphatic heterocycles. The second-order valence-corrected chi connectivity index (χ2v) is 19.0. The molecule has 3 aliphatic carbocycles. The van der Waals surface area contributed by atoms with Crippen molar-refractivity contribution in [3.05, 3.63) is 48.7 Å². The largest absolute Gasteiger partial charge is 0.472 e. The molecule has 3 saturated carbocycles. The van der Waals surface area contributed by atoms with Crippen molar-refractivity contribution >= 4 is 44.5 Å². The Bertz CT molecular complexity index is 1910. The summed E-state index contributed by atoms with van der Waals surface area (Å²) in [6, 6.07) is 7.14. The third-order valence-electron chi connectivity index (χ3n) is 12.3. The van der Waals surface area contributed by atoms with Crippen LogP contribution < -0.4 is 14.8 Å². The van der Waals surface area contributed by atoms with Crippen molar-refractivity contribution in [3.63, 3.8) is 0 Å². The van der Waals surface area contributed by atoms with Crippen molar-refractivity contribution in [2.75, 3.05) is 13.2 Å². The molecule has 1 aromatic carbocycles. The summed E-state index contributed by atoms with van der Waals surface area (Å²) in [6.07, 6.45) is 12.0. The van der Waals surface area contributed by atoms with Crippen molar-refractivity contribution < 1.29 is 37.1 Å². The zero-order valence-electron chi connectivity index (χ0n) is 31.5. The summed E-state index contributed by atoms with van der Waals surface area (Å²) in [6.45, 7) is 8.32. The first-order valence-electron chi connectivity index (χ1n) is 19.8. The number of benzene rings is 1. The van der Waals surface area contributed by atoms with Gasteiger partial charge in [-0.05, 0) is 85.8 Å². The van der Waals surface area contributed by atoms with Crippen molar-refractivity contribution in [2.24, 2.45) is 23.2 Å². The molecule has 2 N–H and O–H groups in total. The van der Waals surface area contributed by atoms with Gasteiger partial charge in [0.25, 0.3) is 5.91 Å². The molecule has 3 amide bonds. The van der Waals surface area contributed by atoms with E-state index in [0.717, 1.165) is 74.1 Å². The monoisotopic (exact) mass is 762 g/mol. The third-order valence-corrected chi connectivity index (χ3v) is 14.1. The average molecular weight is 763 g/mol. The van der Waals surface area contributed by atoms with Crippen LogP contribution in [0.1, 0.15) is 103 Å². The lowest BCUT2D eigenvalue weighted by atomic mass is 9.77. The second-order valence-electron chi connectivity index (χ2n) is 17.1. The number of cyclic esters (lactones) is 1. The zero-order chi connectivity index (χ0) is 38.3. The van der Waals surface area contributed by atoms with E-state index in [1.54, 1.807) is 12.3 Å². The van der Waals surface area contributed by atoms with Gasteiger partial charge in [0.2, 0.25) is 27.7 Å². The van der Waals surface area contributed by atoms with Crippen molar-refractivity contribution in [3.8, 4) is 5.88 Å². The highest BCUT2D eigenvalue weighted by Gasteiger charge is 2.62. The molecule has 54 heavy (non-hydrogen) atoms. The van der Waals surface area contributed by atoms with Crippen LogP contribution in [0.3, 0.4) is 0 Å². The van der Waals surface area contributed by atoms with Crippen molar-refractivity contribution in [1.29, 1.82) is 0 Å². The van der Waals surface area contributed by atoms with Crippen LogP contribution >= 0.6 is 0 Å². The van der Waals surface area contributed by atoms with E-state index in [4.69, 9.17) is 9.47 Å². The number of amides is 3. The van der Waals surface area contributed by atoms with Gasteiger partial charge in [0.15, 0.2) is 0 Å². The SMILES string of the molecule is C=C[C@H]1C[C@]1(NC(=O)[C@@H]1C[C@@H]2CN1C(=O)[C@H](C1CCCCC1)CC(=O)OCC(C)(C)CCCCc1ccc3ccnc(c3c1)O2)C(=O)NS(=O)(=O)C1CC1. The van der Waals surface area contributed by atoms with Crippen molar-refractivity contribution in [1.82, 2.24) is 19.9 Å². The van der Waals surface area contributed by atoms with E-state index in [2.05, 4.69) is 53.6 Å². The Labute approximate surface area is 318 Å². The first-order chi connectivity index (χ1) is 25.8. The van der Waals surface area contributed by atoms with Gasteiger partial charge in [-0.1, -0.05) is 57.7 Å². The molecular formula is C41H54N4O8S. The summed E-state index contributed by atoms with van der Waals surface area (Å²) in [5, 5.41) is 4.06. The number of nitrogens with one attached hydrogen (secondary N) is 2. The molecule has 292 valence electrons. The molecule has 0 radical (unpaired) electrons. The lowest BCUT2D eigenvalue weighted by Crippen LogP contribution is -2.57. The fourth-order valence-electron chi connectivity index (χ4n) is 8.71. The molecule has 0 spiro atoms. The predicted octanol–water partition coefficient (Wildman–Crippen LogP) is 5.13. The Kier molecular flexibility index (Phi) is 10.8. The van der Waals surface area contributed by atoms with Crippen LogP contribution in [0.15, 0.2) is 43.1 Å². The van der Waals surface area contributed by atoms with Crippen LogP contribution in [0.25, 0.3) is 10.8 Å². The van der Waals surface area contributed by atoms with E-state index in [-0.39, 0.29) is 49.7 Å². The normalized spacial score (nSPS) is 29.6. The molecule has 5 atom stereocenters.